The Morgan fingerprint density at radius 1 is 1.37 bits per heavy atom. The van der Waals surface area contributed by atoms with Crippen LogP contribution in [0.15, 0.2) is 30.5 Å². The molecule has 1 N–H and O–H groups in total. The van der Waals surface area contributed by atoms with Gasteiger partial charge >= 0.3 is 0 Å². The van der Waals surface area contributed by atoms with E-state index in [0.29, 0.717) is 14.2 Å². The van der Waals surface area contributed by atoms with Gasteiger partial charge in [-0.3, -0.25) is 9.78 Å². The van der Waals surface area contributed by atoms with Gasteiger partial charge < -0.3 is 5.32 Å². The van der Waals surface area contributed by atoms with Crippen molar-refractivity contribution in [3.63, 3.8) is 0 Å². The van der Waals surface area contributed by atoms with Crippen LogP contribution in [0, 0.1) is 0 Å². The van der Waals surface area contributed by atoms with Crippen LogP contribution >= 0.6 is 34.5 Å². The van der Waals surface area contributed by atoms with Crippen LogP contribution < -0.4 is 5.32 Å². The lowest BCUT2D eigenvalue weighted by atomic mass is 10.00. The quantitative estimate of drug-likeness (QED) is 0.926. The monoisotopic (exact) mass is 314 g/mol. The van der Waals surface area contributed by atoms with Crippen molar-refractivity contribution in [1.29, 1.82) is 0 Å². The Bertz CT molecular complexity index is 596. The highest BCUT2D eigenvalue weighted by Gasteiger charge is 2.26. The second-order valence-electron chi connectivity index (χ2n) is 4.52. The molecule has 0 atom stereocenters. The zero-order chi connectivity index (χ0) is 14.0. The predicted molar refractivity (Wildman–Crippen MR) is 79.1 cm³/mol. The molecule has 0 aliphatic carbocycles. The molecule has 0 saturated carbocycles. The van der Waals surface area contributed by atoms with Gasteiger partial charge in [-0.1, -0.05) is 29.3 Å². The first-order chi connectivity index (χ1) is 8.90. The van der Waals surface area contributed by atoms with Crippen molar-refractivity contribution in [2.75, 3.05) is 0 Å². The van der Waals surface area contributed by atoms with Gasteiger partial charge in [0, 0.05) is 6.20 Å². The Hall–Kier alpha value is -1.10. The molecule has 0 spiro atoms. The highest BCUT2D eigenvalue weighted by atomic mass is 35.5. The summed E-state index contributed by atoms with van der Waals surface area (Å²) in [6.45, 7) is 3.77. The van der Waals surface area contributed by atoms with Crippen LogP contribution in [0.25, 0.3) is 0 Å². The summed E-state index contributed by atoms with van der Waals surface area (Å²) in [5.74, 6) is -0.252. The minimum absolute atomic E-state index is 0.252. The van der Waals surface area contributed by atoms with Crippen LogP contribution in [0.3, 0.4) is 0 Å². The summed E-state index contributed by atoms with van der Waals surface area (Å²) >= 11 is 13.0. The number of nitrogens with zero attached hydrogens (tertiary/aromatic N) is 1. The molecule has 0 bridgehead atoms. The fourth-order valence-corrected chi connectivity index (χ4v) is 3.08. The van der Waals surface area contributed by atoms with Gasteiger partial charge in [-0.05, 0) is 32.0 Å². The van der Waals surface area contributed by atoms with E-state index in [1.807, 2.05) is 32.0 Å². The van der Waals surface area contributed by atoms with E-state index in [1.165, 1.54) is 0 Å². The Morgan fingerprint density at radius 3 is 2.63 bits per heavy atom. The minimum Gasteiger partial charge on any atom is -0.341 e. The first kappa shape index (κ1) is 14.3. The van der Waals surface area contributed by atoms with Gasteiger partial charge in [-0.2, -0.15) is 0 Å². The molecular formula is C13H12Cl2N2OS. The lowest BCUT2D eigenvalue weighted by molar-refractivity contribution is 0.0914. The van der Waals surface area contributed by atoms with Crippen LogP contribution in [0.2, 0.25) is 9.36 Å². The van der Waals surface area contributed by atoms with Crippen molar-refractivity contribution in [2.45, 2.75) is 19.4 Å². The maximum Gasteiger partial charge on any atom is 0.263 e. The van der Waals surface area contributed by atoms with E-state index < -0.39 is 5.54 Å². The molecule has 19 heavy (non-hydrogen) atoms. The third-order valence-electron chi connectivity index (χ3n) is 2.59. The summed E-state index contributed by atoms with van der Waals surface area (Å²) in [6, 6.07) is 7.14. The van der Waals surface area contributed by atoms with Gasteiger partial charge in [0.05, 0.1) is 20.6 Å². The zero-order valence-corrected chi connectivity index (χ0v) is 12.7. The number of halogens is 2. The molecule has 0 aliphatic heterocycles. The summed E-state index contributed by atoms with van der Waals surface area (Å²) in [5.41, 5.74) is 0.195. The number of rotatable bonds is 3. The van der Waals surface area contributed by atoms with E-state index in [0.717, 1.165) is 17.0 Å². The number of carbonyl (C=O) groups is 1. The third kappa shape index (κ3) is 3.26. The van der Waals surface area contributed by atoms with Crippen LogP contribution in [0.4, 0.5) is 0 Å². The van der Waals surface area contributed by atoms with Crippen molar-refractivity contribution >= 4 is 40.4 Å². The molecule has 2 aromatic heterocycles. The fourth-order valence-electron chi connectivity index (χ4n) is 1.63. The molecule has 0 aliphatic rings. The molecule has 2 aromatic rings. The zero-order valence-electron chi connectivity index (χ0n) is 10.4. The highest BCUT2D eigenvalue weighted by Crippen LogP contribution is 2.31. The number of hydrogen-bond donors (Lipinski definition) is 1. The largest absolute Gasteiger partial charge is 0.341 e. The summed E-state index contributed by atoms with van der Waals surface area (Å²) < 4.78 is 0.491. The fraction of sp³-hybridized carbons (Fsp3) is 0.231. The Balaban J connectivity index is 2.21. The maximum absolute atomic E-state index is 12.2. The van der Waals surface area contributed by atoms with E-state index >= 15 is 0 Å². The number of carbonyl (C=O) groups excluding carboxylic acids is 1. The Kier molecular flexibility index (Phi) is 4.13. The molecule has 0 fully saturated rings. The second kappa shape index (κ2) is 5.49. The molecule has 0 saturated heterocycles. The second-order valence-corrected chi connectivity index (χ2v) is 6.61. The summed E-state index contributed by atoms with van der Waals surface area (Å²) in [7, 11) is 0. The van der Waals surface area contributed by atoms with Gasteiger partial charge in [0.25, 0.3) is 5.91 Å². The molecule has 0 radical (unpaired) electrons. The van der Waals surface area contributed by atoms with E-state index in [4.69, 9.17) is 23.2 Å². The number of amides is 1. The van der Waals surface area contributed by atoms with Gasteiger partial charge in [-0.15, -0.1) is 11.3 Å². The molecule has 2 rings (SSSR count). The smallest absolute Gasteiger partial charge is 0.263 e. The molecule has 0 unspecified atom stereocenters. The molecule has 100 valence electrons. The summed E-state index contributed by atoms with van der Waals surface area (Å²) in [5, 5.41) is 3.27. The molecule has 6 heteroatoms. The average molecular weight is 315 g/mol. The normalized spacial score (nSPS) is 11.4. The van der Waals surface area contributed by atoms with E-state index in [2.05, 4.69) is 10.3 Å². The van der Waals surface area contributed by atoms with Crippen LogP contribution in [-0.2, 0) is 5.54 Å². The lowest BCUT2D eigenvalue weighted by Gasteiger charge is -2.25. The van der Waals surface area contributed by atoms with Crippen molar-refractivity contribution < 1.29 is 4.79 Å². The maximum atomic E-state index is 12.2. The summed E-state index contributed by atoms with van der Waals surface area (Å²) in [6.07, 6.45) is 1.69. The minimum atomic E-state index is -0.585. The lowest BCUT2D eigenvalue weighted by Crippen LogP contribution is -2.41. The molecular weight excluding hydrogens is 303 g/mol. The SMILES string of the molecule is CC(C)(NC(=O)c1sc(Cl)cc1Cl)c1ccccn1. The number of nitrogens with one attached hydrogen (secondary N) is 1. The predicted octanol–water partition coefficient (Wildman–Crippen LogP) is 4.12. The first-order valence-electron chi connectivity index (χ1n) is 5.59. The first-order valence-corrected chi connectivity index (χ1v) is 7.16. The topological polar surface area (TPSA) is 42.0 Å². The molecule has 1 amide bonds. The molecule has 3 nitrogen and oxygen atoms in total. The summed E-state index contributed by atoms with van der Waals surface area (Å²) in [4.78, 5) is 16.9. The average Bonchev–Trinajstić information content (AvgIpc) is 2.69. The van der Waals surface area contributed by atoms with E-state index in [1.54, 1.807) is 12.3 Å². The Morgan fingerprint density at radius 2 is 2.11 bits per heavy atom. The van der Waals surface area contributed by atoms with E-state index in [9.17, 15) is 4.79 Å². The van der Waals surface area contributed by atoms with Crippen molar-refractivity contribution in [2.24, 2.45) is 0 Å². The number of pyridine rings is 1. The third-order valence-corrected chi connectivity index (χ3v) is 4.27. The van der Waals surface area contributed by atoms with Crippen LogP contribution in [0.5, 0.6) is 0 Å². The van der Waals surface area contributed by atoms with Gasteiger partial charge in [0.15, 0.2) is 0 Å². The molecule has 2 heterocycles. The van der Waals surface area contributed by atoms with Crippen molar-refractivity contribution in [3.05, 3.63) is 50.4 Å². The van der Waals surface area contributed by atoms with Gasteiger partial charge in [0.2, 0.25) is 0 Å². The van der Waals surface area contributed by atoms with Gasteiger partial charge in [0.1, 0.15) is 4.88 Å². The Labute approximate surface area is 125 Å². The van der Waals surface area contributed by atoms with Crippen LogP contribution in [0.1, 0.15) is 29.2 Å². The van der Waals surface area contributed by atoms with Crippen molar-refractivity contribution in [1.82, 2.24) is 10.3 Å². The molecule has 0 aromatic carbocycles. The van der Waals surface area contributed by atoms with Gasteiger partial charge in [-0.25, -0.2) is 0 Å². The van der Waals surface area contributed by atoms with E-state index in [-0.39, 0.29) is 5.91 Å². The highest BCUT2D eigenvalue weighted by molar-refractivity contribution is 7.18. The number of hydrogen-bond acceptors (Lipinski definition) is 3. The van der Waals surface area contributed by atoms with Crippen molar-refractivity contribution in [3.8, 4) is 0 Å². The number of thiophene rings is 1. The standard InChI is InChI=1S/C13H12Cl2N2OS/c1-13(2,9-5-3-4-6-16-9)17-12(18)11-8(14)7-10(15)19-11/h3-7H,1-2H3,(H,17,18). The van der Waals surface area contributed by atoms with Crippen LogP contribution in [-0.4, -0.2) is 10.9 Å². The number of aromatic nitrogens is 1.